The Hall–Kier alpha value is -0.760. The molecule has 2 bridgehead atoms. The Morgan fingerprint density at radius 2 is 2.00 bits per heavy atom. The van der Waals surface area contributed by atoms with Gasteiger partial charge in [0, 0.05) is 22.4 Å². The van der Waals surface area contributed by atoms with Crippen LogP contribution in [0.1, 0.15) is 25.7 Å². The van der Waals surface area contributed by atoms with E-state index in [0.717, 1.165) is 25.7 Å². The molecule has 1 amide bonds. The lowest BCUT2D eigenvalue weighted by atomic mass is 10.0. The molecule has 24 heavy (non-hydrogen) atoms. The highest BCUT2D eigenvalue weighted by Gasteiger charge is 2.42. The van der Waals surface area contributed by atoms with Gasteiger partial charge in [-0.1, -0.05) is 17.7 Å². The first-order chi connectivity index (χ1) is 11.4. The average molecular weight is 389 g/mol. The number of carbonyl (C=O) groups excluding carboxylic acids is 1. The number of fused-ring (bicyclic) bond motifs is 2. The van der Waals surface area contributed by atoms with Gasteiger partial charge in [0.15, 0.2) is 0 Å². The van der Waals surface area contributed by atoms with Gasteiger partial charge in [-0.05, 0) is 50.1 Å². The second kappa shape index (κ2) is 7.23. The van der Waals surface area contributed by atoms with Crippen molar-refractivity contribution in [3.63, 3.8) is 0 Å². The molecule has 0 saturated carbocycles. The van der Waals surface area contributed by atoms with Crippen LogP contribution in [-0.2, 0) is 14.8 Å². The average Bonchev–Trinajstić information content (AvgIpc) is 2.83. The van der Waals surface area contributed by atoms with E-state index in [1.807, 2.05) is 16.7 Å². The van der Waals surface area contributed by atoms with Gasteiger partial charge < -0.3 is 4.90 Å². The Labute approximate surface area is 152 Å². The van der Waals surface area contributed by atoms with Gasteiger partial charge in [-0.2, -0.15) is 11.8 Å². The van der Waals surface area contributed by atoms with Crippen molar-refractivity contribution >= 4 is 39.3 Å². The minimum absolute atomic E-state index is 0.0758. The van der Waals surface area contributed by atoms with Crippen molar-refractivity contribution in [1.29, 1.82) is 0 Å². The number of thioether (sulfide) groups is 1. The SMILES string of the molecule is CSC1CC2CCC(C1)N2C(=O)CNS(=O)(=O)c1cccc(Cl)c1. The summed E-state index contributed by atoms with van der Waals surface area (Å²) in [6, 6.07) is 6.54. The van der Waals surface area contributed by atoms with E-state index in [-0.39, 0.29) is 29.4 Å². The highest BCUT2D eigenvalue weighted by Crippen LogP contribution is 2.39. The lowest BCUT2D eigenvalue weighted by Crippen LogP contribution is -2.50. The third-order valence-corrected chi connectivity index (χ3v) is 7.52. The third-order valence-electron chi connectivity index (χ3n) is 4.83. The lowest BCUT2D eigenvalue weighted by molar-refractivity contribution is -0.134. The molecule has 0 spiro atoms. The highest BCUT2D eigenvalue weighted by molar-refractivity contribution is 7.99. The molecule has 1 aromatic carbocycles. The Balaban J connectivity index is 1.64. The molecule has 2 saturated heterocycles. The van der Waals surface area contributed by atoms with E-state index in [0.29, 0.717) is 10.3 Å². The van der Waals surface area contributed by atoms with E-state index in [9.17, 15) is 13.2 Å². The van der Waals surface area contributed by atoms with Crippen molar-refractivity contribution in [3.8, 4) is 0 Å². The van der Waals surface area contributed by atoms with E-state index in [2.05, 4.69) is 11.0 Å². The normalized spacial score (nSPS) is 26.6. The van der Waals surface area contributed by atoms with Gasteiger partial charge in [0.1, 0.15) is 0 Å². The van der Waals surface area contributed by atoms with Crippen molar-refractivity contribution < 1.29 is 13.2 Å². The molecule has 2 fully saturated rings. The van der Waals surface area contributed by atoms with Gasteiger partial charge in [-0.25, -0.2) is 13.1 Å². The van der Waals surface area contributed by atoms with Gasteiger partial charge in [-0.15, -0.1) is 0 Å². The first-order valence-corrected chi connectivity index (χ1v) is 11.1. The van der Waals surface area contributed by atoms with E-state index < -0.39 is 10.0 Å². The number of rotatable bonds is 5. The van der Waals surface area contributed by atoms with Gasteiger partial charge in [0.2, 0.25) is 15.9 Å². The lowest BCUT2D eigenvalue weighted by Gasteiger charge is -2.38. The minimum Gasteiger partial charge on any atom is -0.336 e. The van der Waals surface area contributed by atoms with E-state index in [1.165, 1.54) is 12.1 Å². The van der Waals surface area contributed by atoms with E-state index >= 15 is 0 Å². The van der Waals surface area contributed by atoms with Crippen molar-refractivity contribution in [3.05, 3.63) is 29.3 Å². The Morgan fingerprint density at radius 1 is 1.33 bits per heavy atom. The van der Waals surface area contributed by atoms with Crippen molar-refractivity contribution in [2.45, 2.75) is 47.9 Å². The number of carbonyl (C=O) groups is 1. The second-order valence-electron chi connectivity index (χ2n) is 6.30. The fraction of sp³-hybridized carbons (Fsp3) is 0.562. The number of nitrogens with zero attached hydrogens (tertiary/aromatic N) is 1. The number of benzene rings is 1. The summed E-state index contributed by atoms with van der Waals surface area (Å²) in [5, 5.41) is 0.955. The summed E-state index contributed by atoms with van der Waals surface area (Å²) < 4.78 is 27.0. The summed E-state index contributed by atoms with van der Waals surface area (Å²) in [5.74, 6) is -0.132. The van der Waals surface area contributed by atoms with Crippen LogP contribution in [0.5, 0.6) is 0 Å². The largest absolute Gasteiger partial charge is 0.336 e. The van der Waals surface area contributed by atoms with Crippen molar-refractivity contribution in [2.75, 3.05) is 12.8 Å². The van der Waals surface area contributed by atoms with Crippen LogP contribution >= 0.6 is 23.4 Å². The summed E-state index contributed by atoms with van der Waals surface area (Å²) >= 11 is 7.70. The predicted molar refractivity (Wildman–Crippen MR) is 96.8 cm³/mol. The van der Waals surface area contributed by atoms with Gasteiger partial charge in [0.05, 0.1) is 11.4 Å². The first-order valence-electron chi connectivity index (χ1n) is 8.00. The monoisotopic (exact) mass is 388 g/mol. The van der Waals surface area contributed by atoms with Crippen LogP contribution < -0.4 is 4.72 Å². The molecule has 2 aliphatic heterocycles. The second-order valence-corrected chi connectivity index (χ2v) is 9.64. The number of amides is 1. The highest BCUT2D eigenvalue weighted by atomic mass is 35.5. The van der Waals surface area contributed by atoms with Crippen LogP contribution in [0.3, 0.4) is 0 Å². The molecule has 0 radical (unpaired) electrons. The van der Waals surface area contributed by atoms with Crippen molar-refractivity contribution in [1.82, 2.24) is 9.62 Å². The predicted octanol–water partition coefficient (Wildman–Crippen LogP) is 2.50. The fourth-order valence-corrected chi connectivity index (χ4v) is 5.80. The third kappa shape index (κ3) is 3.74. The maximum Gasteiger partial charge on any atom is 0.241 e. The van der Waals surface area contributed by atoms with E-state index in [1.54, 1.807) is 12.1 Å². The molecule has 8 heteroatoms. The molecule has 1 aromatic rings. The summed E-state index contributed by atoms with van der Waals surface area (Å²) in [6.07, 6.45) is 6.17. The van der Waals surface area contributed by atoms with Crippen LogP contribution in [-0.4, -0.2) is 49.4 Å². The zero-order chi connectivity index (χ0) is 17.3. The van der Waals surface area contributed by atoms with Gasteiger partial charge in [-0.3, -0.25) is 4.79 Å². The maximum atomic E-state index is 12.6. The van der Waals surface area contributed by atoms with Gasteiger partial charge >= 0.3 is 0 Å². The molecule has 3 rings (SSSR count). The van der Waals surface area contributed by atoms with Crippen molar-refractivity contribution in [2.24, 2.45) is 0 Å². The van der Waals surface area contributed by atoms with Crippen LogP contribution in [0, 0.1) is 0 Å². The Morgan fingerprint density at radius 3 is 2.58 bits per heavy atom. The number of halogens is 1. The Kier molecular flexibility index (Phi) is 5.44. The molecule has 0 aliphatic carbocycles. The van der Waals surface area contributed by atoms with E-state index in [4.69, 9.17) is 11.6 Å². The summed E-state index contributed by atoms with van der Waals surface area (Å²) in [4.78, 5) is 14.6. The maximum absolute atomic E-state index is 12.6. The minimum atomic E-state index is -3.73. The summed E-state index contributed by atoms with van der Waals surface area (Å²) in [7, 11) is -3.73. The molecule has 2 atom stereocenters. The molecule has 2 unspecified atom stereocenters. The summed E-state index contributed by atoms with van der Waals surface area (Å²) in [5.41, 5.74) is 0. The zero-order valence-corrected chi connectivity index (χ0v) is 15.8. The summed E-state index contributed by atoms with van der Waals surface area (Å²) in [6.45, 7) is -0.203. The zero-order valence-electron chi connectivity index (χ0n) is 13.4. The quantitative estimate of drug-likeness (QED) is 0.841. The molecule has 132 valence electrons. The van der Waals surface area contributed by atoms with Gasteiger partial charge in [0.25, 0.3) is 0 Å². The molecular weight excluding hydrogens is 368 g/mol. The molecule has 1 N–H and O–H groups in total. The molecule has 5 nitrogen and oxygen atoms in total. The standard InChI is InChI=1S/C16H21ClN2O3S2/c1-23-14-8-12-5-6-13(9-14)19(12)16(20)10-18-24(21,22)15-4-2-3-11(17)7-15/h2-4,7,12-14,18H,5-6,8-10H2,1H3. The Bertz CT molecular complexity index is 712. The number of piperidine rings is 1. The fourth-order valence-electron chi connectivity index (χ4n) is 3.69. The number of hydrogen-bond donors (Lipinski definition) is 1. The van der Waals surface area contributed by atoms with Crippen LogP contribution in [0.2, 0.25) is 5.02 Å². The smallest absolute Gasteiger partial charge is 0.241 e. The van der Waals surface area contributed by atoms with Crippen LogP contribution in [0.25, 0.3) is 0 Å². The molecule has 0 aromatic heterocycles. The topological polar surface area (TPSA) is 66.5 Å². The molecular formula is C16H21ClN2O3S2. The molecule has 2 heterocycles. The molecule has 2 aliphatic rings. The number of hydrogen-bond acceptors (Lipinski definition) is 4. The van der Waals surface area contributed by atoms with Crippen LogP contribution in [0.15, 0.2) is 29.2 Å². The van der Waals surface area contributed by atoms with Crippen LogP contribution in [0.4, 0.5) is 0 Å². The first kappa shape index (κ1) is 18.0. The number of sulfonamides is 1. The number of nitrogens with one attached hydrogen (secondary N) is 1.